The molecule has 0 aromatic rings. The van der Waals surface area contributed by atoms with E-state index < -0.39 is 24.0 Å². The van der Waals surface area contributed by atoms with Gasteiger partial charge in [0.15, 0.2) is 0 Å². The maximum atomic E-state index is 12.2. The quantitative estimate of drug-likeness (QED) is 0.548. The Morgan fingerprint density at radius 3 is 2.33 bits per heavy atom. The second-order valence-electron chi connectivity index (χ2n) is 4.72. The van der Waals surface area contributed by atoms with Crippen molar-refractivity contribution in [3.05, 3.63) is 0 Å². The SMILES string of the molecule is CCC(C)N(CCOC)C(=O)NC(CCC(=O)O)C(=O)O. The number of carboxylic acid groups (broad SMARTS) is 2. The molecule has 0 aliphatic rings. The second-order valence-corrected chi connectivity index (χ2v) is 4.72. The van der Waals surface area contributed by atoms with Crippen molar-refractivity contribution in [1.82, 2.24) is 10.2 Å². The Balaban J connectivity index is 4.73. The third kappa shape index (κ3) is 7.50. The van der Waals surface area contributed by atoms with E-state index in [1.54, 1.807) is 0 Å². The lowest BCUT2D eigenvalue weighted by Gasteiger charge is -2.29. The van der Waals surface area contributed by atoms with Crippen LogP contribution in [0.5, 0.6) is 0 Å². The average Bonchev–Trinajstić information content (AvgIpc) is 2.42. The Morgan fingerprint density at radius 1 is 1.29 bits per heavy atom. The van der Waals surface area contributed by atoms with Crippen molar-refractivity contribution in [1.29, 1.82) is 0 Å². The summed E-state index contributed by atoms with van der Waals surface area (Å²) >= 11 is 0. The van der Waals surface area contributed by atoms with E-state index in [-0.39, 0.29) is 18.9 Å². The first-order chi connectivity index (χ1) is 9.83. The molecule has 0 saturated heterocycles. The van der Waals surface area contributed by atoms with Crippen molar-refractivity contribution in [2.45, 2.75) is 45.2 Å². The molecule has 0 saturated carbocycles. The van der Waals surface area contributed by atoms with Crippen molar-refractivity contribution in [2.24, 2.45) is 0 Å². The first-order valence-corrected chi connectivity index (χ1v) is 6.84. The minimum atomic E-state index is -1.25. The highest BCUT2D eigenvalue weighted by Crippen LogP contribution is 2.06. The molecule has 0 rings (SSSR count). The smallest absolute Gasteiger partial charge is 0.326 e. The molecule has 0 bridgehead atoms. The van der Waals surface area contributed by atoms with Gasteiger partial charge in [-0.3, -0.25) is 4.79 Å². The Bertz CT molecular complexity index is 361. The summed E-state index contributed by atoms with van der Waals surface area (Å²) < 4.78 is 4.93. The van der Waals surface area contributed by atoms with Crippen molar-refractivity contribution >= 4 is 18.0 Å². The molecule has 0 aliphatic heterocycles. The zero-order chi connectivity index (χ0) is 16.4. The minimum Gasteiger partial charge on any atom is -0.481 e. The van der Waals surface area contributed by atoms with E-state index in [0.717, 1.165) is 0 Å². The first kappa shape index (κ1) is 19.2. The zero-order valence-corrected chi connectivity index (χ0v) is 12.7. The Kier molecular flexibility index (Phi) is 9.11. The third-order valence-electron chi connectivity index (χ3n) is 3.16. The summed E-state index contributed by atoms with van der Waals surface area (Å²) in [7, 11) is 1.51. The molecule has 0 aromatic carbocycles. The molecule has 3 N–H and O–H groups in total. The van der Waals surface area contributed by atoms with Gasteiger partial charge in [0.2, 0.25) is 0 Å². The zero-order valence-electron chi connectivity index (χ0n) is 12.7. The molecule has 8 heteroatoms. The summed E-state index contributed by atoms with van der Waals surface area (Å²) in [6.45, 7) is 4.44. The predicted molar refractivity (Wildman–Crippen MR) is 75.2 cm³/mol. The van der Waals surface area contributed by atoms with Gasteiger partial charge in [0.1, 0.15) is 6.04 Å². The van der Waals surface area contributed by atoms with E-state index in [4.69, 9.17) is 14.9 Å². The fourth-order valence-electron chi connectivity index (χ4n) is 1.69. The van der Waals surface area contributed by atoms with E-state index in [1.165, 1.54) is 12.0 Å². The molecule has 0 spiro atoms. The highest BCUT2D eigenvalue weighted by Gasteiger charge is 2.25. The maximum absolute atomic E-state index is 12.2. The van der Waals surface area contributed by atoms with Gasteiger partial charge >= 0.3 is 18.0 Å². The number of hydrogen-bond acceptors (Lipinski definition) is 4. The Morgan fingerprint density at radius 2 is 1.90 bits per heavy atom. The van der Waals surface area contributed by atoms with Crippen LogP contribution in [0.3, 0.4) is 0 Å². The highest BCUT2D eigenvalue weighted by atomic mass is 16.5. The Hall–Kier alpha value is -1.83. The largest absolute Gasteiger partial charge is 0.481 e. The van der Waals surface area contributed by atoms with Crippen LogP contribution >= 0.6 is 0 Å². The first-order valence-electron chi connectivity index (χ1n) is 6.84. The fraction of sp³-hybridized carbons (Fsp3) is 0.769. The monoisotopic (exact) mass is 304 g/mol. The van der Waals surface area contributed by atoms with Crippen molar-refractivity contribution in [3.63, 3.8) is 0 Å². The predicted octanol–water partition coefficient (Wildman–Crippen LogP) is 0.761. The maximum Gasteiger partial charge on any atom is 0.326 e. The lowest BCUT2D eigenvalue weighted by molar-refractivity contribution is -0.140. The summed E-state index contributed by atoms with van der Waals surface area (Å²) in [5, 5.41) is 20.0. The number of nitrogens with one attached hydrogen (secondary N) is 1. The molecular formula is C13H24N2O6. The molecule has 0 fully saturated rings. The number of carbonyl (C=O) groups excluding carboxylic acids is 1. The number of urea groups is 1. The van der Waals surface area contributed by atoms with Gasteiger partial charge in [0, 0.05) is 26.1 Å². The topological polar surface area (TPSA) is 116 Å². The molecule has 2 atom stereocenters. The van der Waals surface area contributed by atoms with E-state index in [9.17, 15) is 14.4 Å². The average molecular weight is 304 g/mol. The number of carbonyl (C=O) groups is 3. The van der Waals surface area contributed by atoms with Gasteiger partial charge in [0.25, 0.3) is 0 Å². The van der Waals surface area contributed by atoms with Gasteiger partial charge in [-0.05, 0) is 19.8 Å². The summed E-state index contributed by atoms with van der Waals surface area (Å²) in [6, 6.07) is -1.82. The van der Waals surface area contributed by atoms with Crippen LogP contribution in [0.25, 0.3) is 0 Å². The molecule has 2 unspecified atom stereocenters. The number of carboxylic acids is 2. The van der Waals surface area contributed by atoms with E-state index in [1.807, 2.05) is 13.8 Å². The fourth-order valence-corrected chi connectivity index (χ4v) is 1.69. The molecule has 122 valence electrons. The summed E-state index contributed by atoms with van der Waals surface area (Å²) in [5.74, 6) is -2.35. The molecular weight excluding hydrogens is 280 g/mol. The number of aliphatic carboxylic acids is 2. The molecule has 0 aliphatic carbocycles. The molecule has 2 amide bonds. The summed E-state index contributed by atoms with van der Waals surface area (Å²) in [6.07, 6.45) is 0.234. The number of hydrogen-bond donors (Lipinski definition) is 3. The van der Waals surface area contributed by atoms with E-state index in [2.05, 4.69) is 5.32 Å². The van der Waals surface area contributed by atoms with Crippen LogP contribution in [0.4, 0.5) is 4.79 Å². The molecule has 0 aromatic heterocycles. The van der Waals surface area contributed by atoms with Gasteiger partial charge < -0.3 is 25.2 Å². The molecule has 21 heavy (non-hydrogen) atoms. The number of amides is 2. The van der Waals surface area contributed by atoms with Crippen LogP contribution in [0.1, 0.15) is 33.1 Å². The minimum absolute atomic E-state index is 0.0749. The lowest BCUT2D eigenvalue weighted by Crippen LogP contribution is -2.51. The molecule has 0 heterocycles. The van der Waals surface area contributed by atoms with Gasteiger partial charge in [-0.15, -0.1) is 0 Å². The van der Waals surface area contributed by atoms with Crippen LogP contribution in [0.15, 0.2) is 0 Å². The van der Waals surface area contributed by atoms with Crippen molar-refractivity contribution in [3.8, 4) is 0 Å². The van der Waals surface area contributed by atoms with Crippen LogP contribution in [0.2, 0.25) is 0 Å². The normalized spacial score (nSPS) is 13.3. The van der Waals surface area contributed by atoms with Crippen LogP contribution in [0, 0.1) is 0 Å². The van der Waals surface area contributed by atoms with Crippen LogP contribution in [-0.2, 0) is 14.3 Å². The van der Waals surface area contributed by atoms with Crippen molar-refractivity contribution in [2.75, 3.05) is 20.3 Å². The van der Waals surface area contributed by atoms with Crippen LogP contribution < -0.4 is 5.32 Å². The number of ether oxygens (including phenoxy) is 1. The second kappa shape index (κ2) is 9.98. The van der Waals surface area contributed by atoms with Gasteiger partial charge in [-0.2, -0.15) is 0 Å². The standard InChI is InChI=1S/C13H24N2O6/c1-4-9(2)15(7-8-21-3)13(20)14-10(12(18)19)5-6-11(16)17/h9-10H,4-8H2,1-3H3,(H,14,20)(H,16,17)(H,18,19). The number of nitrogens with zero attached hydrogens (tertiary/aromatic N) is 1. The van der Waals surface area contributed by atoms with Crippen molar-refractivity contribution < 1.29 is 29.3 Å². The van der Waals surface area contributed by atoms with Gasteiger partial charge in [0.05, 0.1) is 6.61 Å². The summed E-state index contributed by atoms with van der Waals surface area (Å²) in [4.78, 5) is 35.2. The number of methoxy groups -OCH3 is 1. The lowest BCUT2D eigenvalue weighted by atomic mass is 10.1. The highest BCUT2D eigenvalue weighted by molar-refractivity contribution is 5.83. The summed E-state index contributed by atoms with van der Waals surface area (Å²) in [5.41, 5.74) is 0. The Labute approximate surface area is 124 Å². The van der Waals surface area contributed by atoms with E-state index >= 15 is 0 Å². The molecule has 0 radical (unpaired) electrons. The van der Waals surface area contributed by atoms with Gasteiger partial charge in [-0.1, -0.05) is 6.92 Å². The van der Waals surface area contributed by atoms with Crippen LogP contribution in [-0.4, -0.2) is 65.4 Å². The number of rotatable bonds is 10. The third-order valence-corrected chi connectivity index (χ3v) is 3.16. The van der Waals surface area contributed by atoms with Gasteiger partial charge in [-0.25, -0.2) is 9.59 Å². The molecule has 8 nitrogen and oxygen atoms in total. The van der Waals surface area contributed by atoms with E-state index in [0.29, 0.717) is 19.6 Å².